The van der Waals surface area contributed by atoms with Gasteiger partial charge in [0.2, 0.25) is 0 Å². The third-order valence-electron chi connectivity index (χ3n) is 3.61. The van der Waals surface area contributed by atoms with Crippen LogP contribution in [0.4, 0.5) is 0 Å². The van der Waals surface area contributed by atoms with Crippen molar-refractivity contribution in [2.45, 2.75) is 18.5 Å². The van der Waals surface area contributed by atoms with Crippen LogP contribution in [0.3, 0.4) is 0 Å². The Morgan fingerprint density at radius 3 is 2.81 bits per heavy atom. The summed E-state index contributed by atoms with van der Waals surface area (Å²) in [5, 5.41) is 4.81. The van der Waals surface area contributed by atoms with Crippen LogP contribution in [0.15, 0.2) is 35.4 Å². The standard InChI is InChI=1S/C18H19N3O2S2.ClH/c1-11-20-15-6-4-12(23-3)8-14(15)18(21-11)24-10-16(22)17-7-5-13(25-17)9-19-2;/h4-8,19H,9-10H2,1-3H3;1H. The number of carbonyl (C=O) groups excluding carboxylic acids is 1. The molecule has 3 rings (SSSR count). The number of methoxy groups -OCH3 is 1. The smallest absolute Gasteiger partial charge is 0.183 e. The fourth-order valence-electron chi connectivity index (χ4n) is 2.43. The molecule has 2 heterocycles. The lowest BCUT2D eigenvalue weighted by Crippen LogP contribution is -2.03. The van der Waals surface area contributed by atoms with Crippen molar-refractivity contribution in [1.82, 2.24) is 15.3 Å². The number of aromatic nitrogens is 2. The second kappa shape index (κ2) is 9.32. The van der Waals surface area contributed by atoms with Gasteiger partial charge in [-0.15, -0.1) is 23.7 Å². The zero-order chi connectivity index (χ0) is 17.8. The van der Waals surface area contributed by atoms with Gasteiger partial charge in [0, 0.05) is 16.8 Å². The number of rotatable bonds is 7. The maximum atomic E-state index is 12.5. The van der Waals surface area contributed by atoms with Gasteiger partial charge in [0.05, 0.1) is 23.3 Å². The van der Waals surface area contributed by atoms with Gasteiger partial charge in [-0.05, 0) is 44.3 Å². The van der Waals surface area contributed by atoms with E-state index in [9.17, 15) is 4.79 Å². The number of nitrogens with one attached hydrogen (secondary N) is 1. The van der Waals surface area contributed by atoms with Gasteiger partial charge in [-0.25, -0.2) is 9.97 Å². The van der Waals surface area contributed by atoms with E-state index in [0.717, 1.165) is 38.0 Å². The number of thiophene rings is 1. The third-order valence-corrected chi connectivity index (χ3v) is 5.72. The van der Waals surface area contributed by atoms with Gasteiger partial charge in [0.15, 0.2) is 5.78 Å². The summed E-state index contributed by atoms with van der Waals surface area (Å²) in [6.07, 6.45) is 0. The fraction of sp³-hybridized carbons (Fsp3) is 0.278. The van der Waals surface area contributed by atoms with Gasteiger partial charge in [0.25, 0.3) is 0 Å². The van der Waals surface area contributed by atoms with E-state index in [1.165, 1.54) is 23.1 Å². The van der Waals surface area contributed by atoms with E-state index in [2.05, 4.69) is 15.3 Å². The number of hydrogen-bond acceptors (Lipinski definition) is 7. The van der Waals surface area contributed by atoms with Gasteiger partial charge >= 0.3 is 0 Å². The topological polar surface area (TPSA) is 64.1 Å². The van der Waals surface area contributed by atoms with Crippen LogP contribution in [0.2, 0.25) is 0 Å². The number of Topliss-reactive ketones (excluding diaryl/α,β-unsaturated/α-hetero) is 1. The van der Waals surface area contributed by atoms with Crippen LogP contribution in [-0.4, -0.2) is 35.7 Å². The highest BCUT2D eigenvalue weighted by atomic mass is 35.5. The van der Waals surface area contributed by atoms with Gasteiger partial charge in [-0.1, -0.05) is 11.8 Å². The molecular formula is C18H20ClN3O2S2. The molecule has 0 unspecified atom stereocenters. The van der Waals surface area contributed by atoms with E-state index >= 15 is 0 Å². The number of nitrogens with zero attached hydrogens (tertiary/aromatic N) is 2. The monoisotopic (exact) mass is 409 g/mol. The van der Waals surface area contributed by atoms with Crippen molar-refractivity contribution in [2.24, 2.45) is 0 Å². The fourth-order valence-corrected chi connectivity index (χ4v) is 4.42. The lowest BCUT2D eigenvalue weighted by Gasteiger charge is -2.08. The first-order valence-electron chi connectivity index (χ1n) is 7.82. The number of ether oxygens (including phenoxy) is 1. The van der Waals surface area contributed by atoms with E-state index in [1.807, 2.05) is 44.3 Å². The number of ketones is 1. The lowest BCUT2D eigenvalue weighted by molar-refractivity contribution is 0.102. The molecule has 138 valence electrons. The largest absolute Gasteiger partial charge is 0.497 e. The number of fused-ring (bicyclic) bond motifs is 1. The lowest BCUT2D eigenvalue weighted by atomic mass is 10.2. The summed E-state index contributed by atoms with van der Waals surface area (Å²) < 4.78 is 5.29. The molecule has 1 aromatic carbocycles. The summed E-state index contributed by atoms with van der Waals surface area (Å²) in [6.45, 7) is 2.64. The minimum absolute atomic E-state index is 0. The molecule has 0 spiro atoms. The van der Waals surface area contributed by atoms with Crippen molar-refractivity contribution in [3.8, 4) is 5.75 Å². The minimum atomic E-state index is 0. The molecule has 0 saturated carbocycles. The summed E-state index contributed by atoms with van der Waals surface area (Å²) in [7, 11) is 3.53. The first-order valence-corrected chi connectivity index (χ1v) is 9.62. The molecule has 0 radical (unpaired) electrons. The van der Waals surface area contributed by atoms with Crippen LogP contribution in [0.25, 0.3) is 10.9 Å². The van der Waals surface area contributed by atoms with Crippen LogP contribution in [0, 0.1) is 6.92 Å². The number of thioether (sulfide) groups is 1. The SMILES string of the molecule is CNCc1ccc(C(=O)CSc2nc(C)nc3ccc(OC)cc23)s1.Cl. The van der Waals surface area contributed by atoms with E-state index in [1.54, 1.807) is 7.11 Å². The van der Waals surface area contributed by atoms with Gasteiger partial charge in [-0.3, -0.25) is 4.79 Å². The summed E-state index contributed by atoms with van der Waals surface area (Å²) >= 11 is 2.98. The number of aryl methyl sites for hydroxylation is 1. The van der Waals surface area contributed by atoms with Crippen molar-refractivity contribution in [2.75, 3.05) is 19.9 Å². The molecule has 2 aromatic heterocycles. The van der Waals surface area contributed by atoms with Crippen LogP contribution >= 0.6 is 35.5 Å². The Kier molecular flexibility index (Phi) is 7.40. The van der Waals surface area contributed by atoms with Crippen LogP contribution < -0.4 is 10.1 Å². The van der Waals surface area contributed by atoms with Gasteiger partial charge < -0.3 is 10.1 Å². The Balaban J connectivity index is 0.00000243. The Morgan fingerprint density at radius 2 is 2.08 bits per heavy atom. The summed E-state index contributed by atoms with van der Waals surface area (Å²) in [4.78, 5) is 23.4. The first kappa shape index (κ1) is 20.6. The molecule has 0 amide bonds. The van der Waals surface area contributed by atoms with Crippen molar-refractivity contribution >= 4 is 52.2 Å². The number of hydrogen-bond donors (Lipinski definition) is 1. The highest BCUT2D eigenvalue weighted by Crippen LogP contribution is 2.29. The molecule has 0 saturated heterocycles. The maximum absolute atomic E-state index is 12.5. The van der Waals surface area contributed by atoms with Crippen molar-refractivity contribution in [1.29, 1.82) is 0 Å². The molecular weight excluding hydrogens is 390 g/mol. The van der Waals surface area contributed by atoms with E-state index in [4.69, 9.17) is 4.74 Å². The summed E-state index contributed by atoms with van der Waals surface area (Å²) in [6, 6.07) is 9.60. The Morgan fingerprint density at radius 1 is 1.27 bits per heavy atom. The molecule has 0 aliphatic rings. The van der Waals surface area contributed by atoms with Gasteiger partial charge in [-0.2, -0.15) is 0 Å². The zero-order valence-electron chi connectivity index (χ0n) is 14.7. The normalized spacial score (nSPS) is 10.6. The highest BCUT2D eigenvalue weighted by molar-refractivity contribution is 8.00. The maximum Gasteiger partial charge on any atom is 0.183 e. The minimum Gasteiger partial charge on any atom is -0.497 e. The van der Waals surface area contributed by atoms with Crippen molar-refractivity contribution < 1.29 is 9.53 Å². The van der Waals surface area contributed by atoms with Crippen molar-refractivity contribution in [3.05, 3.63) is 45.9 Å². The molecule has 26 heavy (non-hydrogen) atoms. The molecule has 0 bridgehead atoms. The van der Waals surface area contributed by atoms with E-state index in [0.29, 0.717) is 11.6 Å². The average molecular weight is 410 g/mol. The zero-order valence-corrected chi connectivity index (χ0v) is 17.2. The van der Waals surface area contributed by atoms with E-state index in [-0.39, 0.29) is 18.2 Å². The Bertz CT molecular complexity index is 915. The quantitative estimate of drug-likeness (QED) is 0.359. The molecule has 8 heteroatoms. The van der Waals surface area contributed by atoms with Crippen LogP contribution in [0.1, 0.15) is 20.4 Å². The predicted molar refractivity (Wildman–Crippen MR) is 110 cm³/mol. The molecule has 0 aliphatic heterocycles. The van der Waals surface area contributed by atoms with E-state index < -0.39 is 0 Å². The first-order chi connectivity index (χ1) is 12.1. The number of halogens is 1. The summed E-state index contributed by atoms with van der Waals surface area (Å²) in [5.41, 5.74) is 0.857. The number of benzene rings is 1. The molecule has 1 N–H and O–H groups in total. The molecule has 0 atom stereocenters. The second-order valence-corrected chi connectivity index (χ2v) is 7.60. The molecule has 5 nitrogen and oxygen atoms in total. The second-order valence-electron chi connectivity index (χ2n) is 5.47. The Hall–Kier alpha value is -1.67. The van der Waals surface area contributed by atoms with Crippen LogP contribution in [-0.2, 0) is 6.54 Å². The van der Waals surface area contributed by atoms with Crippen molar-refractivity contribution in [3.63, 3.8) is 0 Å². The Labute approximate surface area is 167 Å². The molecule has 0 aliphatic carbocycles. The number of carbonyl (C=O) groups is 1. The predicted octanol–water partition coefficient (Wildman–Crippen LogP) is 4.12. The summed E-state index contributed by atoms with van der Waals surface area (Å²) in [5.74, 6) is 1.91. The highest BCUT2D eigenvalue weighted by Gasteiger charge is 2.13. The molecule has 3 aromatic rings. The molecule has 0 fully saturated rings. The van der Waals surface area contributed by atoms with Crippen LogP contribution in [0.5, 0.6) is 5.75 Å². The average Bonchev–Trinajstić information content (AvgIpc) is 3.08. The third kappa shape index (κ3) is 4.73. The van der Waals surface area contributed by atoms with Gasteiger partial charge in [0.1, 0.15) is 16.6 Å².